The van der Waals surface area contributed by atoms with Gasteiger partial charge in [0.1, 0.15) is 0 Å². The standard InChI is InChI=1S/C16H24FN3O3S/c1-12-15(4-3-14(23-2)16(12)17)24(21,22)20-8-5-13(11-20)19-9-6-18-7-10-19/h3-4,13,18H,5-11H2,1-2H3. The van der Waals surface area contributed by atoms with Crippen molar-refractivity contribution in [1.29, 1.82) is 0 Å². The minimum Gasteiger partial charge on any atom is -0.494 e. The largest absolute Gasteiger partial charge is 0.494 e. The summed E-state index contributed by atoms with van der Waals surface area (Å²) in [4.78, 5) is 2.37. The molecule has 1 aromatic carbocycles. The van der Waals surface area contributed by atoms with Crippen molar-refractivity contribution in [3.8, 4) is 5.75 Å². The van der Waals surface area contributed by atoms with Gasteiger partial charge in [-0.1, -0.05) is 0 Å². The minimum atomic E-state index is -3.69. The third-order valence-electron chi connectivity index (χ3n) is 4.93. The molecule has 2 saturated heterocycles. The summed E-state index contributed by atoms with van der Waals surface area (Å²) in [7, 11) is -2.33. The lowest BCUT2D eigenvalue weighted by atomic mass is 10.2. The van der Waals surface area contributed by atoms with Crippen LogP contribution in [0.15, 0.2) is 17.0 Å². The number of hydrogen-bond acceptors (Lipinski definition) is 5. The molecular formula is C16H24FN3O3S. The second-order valence-electron chi connectivity index (χ2n) is 6.30. The first-order chi connectivity index (χ1) is 11.4. The fourth-order valence-corrected chi connectivity index (χ4v) is 5.20. The van der Waals surface area contributed by atoms with Crippen LogP contribution in [0, 0.1) is 12.7 Å². The van der Waals surface area contributed by atoms with Gasteiger partial charge < -0.3 is 10.1 Å². The lowest BCUT2D eigenvalue weighted by Crippen LogP contribution is -2.49. The maximum atomic E-state index is 14.2. The van der Waals surface area contributed by atoms with Gasteiger partial charge in [-0.2, -0.15) is 4.31 Å². The van der Waals surface area contributed by atoms with E-state index in [0.717, 1.165) is 32.6 Å². The Morgan fingerprint density at radius 2 is 1.96 bits per heavy atom. The summed E-state index contributed by atoms with van der Waals surface area (Å²) in [6.45, 7) is 6.18. The number of nitrogens with one attached hydrogen (secondary N) is 1. The third-order valence-corrected chi connectivity index (χ3v) is 6.94. The number of rotatable bonds is 4. The van der Waals surface area contributed by atoms with Gasteiger partial charge in [-0.05, 0) is 25.5 Å². The van der Waals surface area contributed by atoms with Gasteiger partial charge in [0.05, 0.1) is 12.0 Å². The maximum absolute atomic E-state index is 14.2. The van der Waals surface area contributed by atoms with E-state index in [1.807, 2.05) is 0 Å². The summed E-state index contributed by atoms with van der Waals surface area (Å²) in [5.41, 5.74) is 0.111. The zero-order valence-electron chi connectivity index (χ0n) is 14.1. The number of piperazine rings is 1. The van der Waals surface area contributed by atoms with E-state index in [0.29, 0.717) is 13.1 Å². The highest BCUT2D eigenvalue weighted by Crippen LogP contribution is 2.30. The van der Waals surface area contributed by atoms with Gasteiger partial charge in [-0.25, -0.2) is 12.8 Å². The van der Waals surface area contributed by atoms with Crippen LogP contribution in [0.3, 0.4) is 0 Å². The Labute approximate surface area is 142 Å². The summed E-state index contributed by atoms with van der Waals surface area (Å²) in [5, 5.41) is 3.30. The van der Waals surface area contributed by atoms with Crippen molar-refractivity contribution in [2.24, 2.45) is 0 Å². The summed E-state index contributed by atoms with van der Waals surface area (Å²) in [6, 6.07) is 3.05. The monoisotopic (exact) mass is 357 g/mol. The van der Waals surface area contributed by atoms with Crippen molar-refractivity contribution in [2.45, 2.75) is 24.3 Å². The minimum absolute atomic E-state index is 0.0294. The smallest absolute Gasteiger partial charge is 0.243 e. The third kappa shape index (κ3) is 3.15. The number of ether oxygens (including phenoxy) is 1. The van der Waals surface area contributed by atoms with Crippen molar-refractivity contribution >= 4 is 10.0 Å². The van der Waals surface area contributed by atoms with Gasteiger partial charge in [-0.15, -0.1) is 0 Å². The molecule has 8 heteroatoms. The molecule has 3 rings (SSSR count). The molecule has 0 radical (unpaired) electrons. The van der Waals surface area contributed by atoms with E-state index in [4.69, 9.17) is 4.74 Å². The Morgan fingerprint density at radius 1 is 1.25 bits per heavy atom. The summed E-state index contributed by atoms with van der Waals surface area (Å²) >= 11 is 0. The molecule has 0 bridgehead atoms. The molecule has 0 spiro atoms. The number of benzene rings is 1. The molecule has 134 valence electrons. The topological polar surface area (TPSA) is 61.9 Å². The first-order valence-electron chi connectivity index (χ1n) is 8.23. The van der Waals surface area contributed by atoms with Crippen molar-refractivity contribution in [1.82, 2.24) is 14.5 Å². The van der Waals surface area contributed by atoms with Crippen LogP contribution in [0.1, 0.15) is 12.0 Å². The van der Waals surface area contributed by atoms with Crippen LogP contribution in [-0.4, -0.2) is 70.0 Å². The van der Waals surface area contributed by atoms with Crippen LogP contribution in [0.2, 0.25) is 0 Å². The number of methoxy groups -OCH3 is 1. The average molecular weight is 357 g/mol. The zero-order valence-corrected chi connectivity index (χ0v) is 14.9. The van der Waals surface area contributed by atoms with Gasteiger partial charge >= 0.3 is 0 Å². The summed E-state index contributed by atoms with van der Waals surface area (Å²) in [6.07, 6.45) is 0.816. The normalized spacial score (nSPS) is 23.5. The van der Waals surface area contributed by atoms with E-state index in [2.05, 4.69) is 10.2 Å². The van der Waals surface area contributed by atoms with Crippen molar-refractivity contribution < 1.29 is 17.5 Å². The van der Waals surface area contributed by atoms with Gasteiger partial charge in [0, 0.05) is 50.9 Å². The zero-order chi connectivity index (χ0) is 17.3. The SMILES string of the molecule is COc1ccc(S(=O)(=O)N2CCC(N3CCNCC3)C2)c(C)c1F. The molecule has 1 aromatic rings. The van der Waals surface area contributed by atoms with E-state index in [1.54, 1.807) is 0 Å². The average Bonchev–Trinajstić information content (AvgIpc) is 3.09. The van der Waals surface area contributed by atoms with Crippen molar-refractivity contribution in [2.75, 3.05) is 46.4 Å². The van der Waals surface area contributed by atoms with E-state index >= 15 is 0 Å². The molecule has 1 N–H and O–H groups in total. The Bertz CT molecular complexity index is 705. The quantitative estimate of drug-likeness (QED) is 0.864. The lowest BCUT2D eigenvalue weighted by molar-refractivity contribution is 0.179. The number of nitrogens with zero attached hydrogens (tertiary/aromatic N) is 2. The Balaban J connectivity index is 1.80. The lowest BCUT2D eigenvalue weighted by Gasteiger charge is -2.32. The molecule has 0 aromatic heterocycles. The molecule has 6 nitrogen and oxygen atoms in total. The Hall–Kier alpha value is -1.22. The van der Waals surface area contributed by atoms with Gasteiger partial charge in [0.25, 0.3) is 0 Å². The van der Waals surface area contributed by atoms with Crippen LogP contribution < -0.4 is 10.1 Å². The molecule has 1 atom stereocenters. The summed E-state index contributed by atoms with van der Waals surface area (Å²) in [5.74, 6) is -0.553. The fourth-order valence-electron chi connectivity index (χ4n) is 3.49. The highest BCUT2D eigenvalue weighted by Gasteiger charge is 2.36. The van der Waals surface area contributed by atoms with Gasteiger partial charge in [0.2, 0.25) is 10.0 Å². The van der Waals surface area contributed by atoms with E-state index in [9.17, 15) is 12.8 Å². The number of hydrogen-bond donors (Lipinski definition) is 1. The number of sulfonamides is 1. The highest BCUT2D eigenvalue weighted by atomic mass is 32.2. The molecule has 0 saturated carbocycles. The van der Waals surface area contributed by atoms with Crippen LogP contribution in [0.25, 0.3) is 0 Å². The molecule has 24 heavy (non-hydrogen) atoms. The van der Waals surface area contributed by atoms with Crippen LogP contribution in [0.4, 0.5) is 4.39 Å². The predicted molar refractivity (Wildman–Crippen MR) is 89.3 cm³/mol. The second-order valence-corrected chi connectivity index (χ2v) is 8.20. The second kappa shape index (κ2) is 6.95. The molecule has 2 heterocycles. The Morgan fingerprint density at radius 3 is 2.62 bits per heavy atom. The highest BCUT2D eigenvalue weighted by molar-refractivity contribution is 7.89. The molecular weight excluding hydrogens is 333 g/mol. The molecule has 2 aliphatic heterocycles. The van der Waals surface area contributed by atoms with Crippen molar-refractivity contribution in [3.05, 3.63) is 23.5 Å². The predicted octanol–water partition coefficient (Wildman–Crippen LogP) is 0.811. The molecule has 0 amide bonds. The molecule has 2 aliphatic rings. The van der Waals surface area contributed by atoms with E-state index in [1.165, 1.54) is 30.5 Å². The fraction of sp³-hybridized carbons (Fsp3) is 0.625. The molecule has 1 unspecified atom stereocenters. The maximum Gasteiger partial charge on any atom is 0.243 e. The van der Waals surface area contributed by atoms with Crippen molar-refractivity contribution in [3.63, 3.8) is 0 Å². The van der Waals surface area contributed by atoms with Crippen LogP contribution in [-0.2, 0) is 10.0 Å². The van der Waals surface area contributed by atoms with E-state index < -0.39 is 15.8 Å². The van der Waals surface area contributed by atoms with Gasteiger partial charge in [0.15, 0.2) is 11.6 Å². The Kier molecular flexibility index (Phi) is 5.10. The summed E-state index contributed by atoms with van der Waals surface area (Å²) < 4.78 is 46.5. The number of halogens is 1. The van der Waals surface area contributed by atoms with Crippen LogP contribution >= 0.6 is 0 Å². The van der Waals surface area contributed by atoms with Crippen LogP contribution in [0.5, 0.6) is 5.75 Å². The first kappa shape index (κ1) is 17.6. The van der Waals surface area contributed by atoms with Gasteiger partial charge in [-0.3, -0.25) is 4.90 Å². The first-order valence-corrected chi connectivity index (χ1v) is 9.67. The molecule has 2 fully saturated rings. The molecule has 0 aliphatic carbocycles. The van der Waals surface area contributed by atoms with E-state index in [-0.39, 0.29) is 22.3 Å².